The van der Waals surface area contributed by atoms with Crippen molar-refractivity contribution in [3.05, 3.63) is 78.8 Å². The fourth-order valence-corrected chi connectivity index (χ4v) is 2.62. The molecule has 3 aromatic rings. The molecule has 1 aromatic heterocycles. The second kappa shape index (κ2) is 11.1. The maximum atomic E-state index is 11.5. The van der Waals surface area contributed by atoms with Crippen LogP contribution in [0, 0.1) is 6.57 Å². The molecule has 0 saturated carbocycles. The van der Waals surface area contributed by atoms with Gasteiger partial charge in [-0.2, -0.15) is 0 Å². The van der Waals surface area contributed by atoms with E-state index in [0.717, 1.165) is 11.4 Å². The van der Waals surface area contributed by atoms with Crippen LogP contribution in [0.5, 0.6) is 5.75 Å². The Hall–Kier alpha value is -4.42. The molecule has 1 heterocycles. The molecular formula is C23H22N6O3. The second-order valence-corrected chi connectivity index (χ2v) is 6.43. The van der Waals surface area contributed by atoms with Crippen LogP contribution >= 0.6 is 0 Å². The summed E-state index contributed by atoms with van der Waals surface area (Å²) < 4.78 is 10.5. The first-order valence-electron chi connectivity index (χ1n) is 9.65. The molecular weight excluding hydrogens is 408 g/mol. The summed E-state index contributed by atoms with van der Waals surface area (Å²) in [5.41, 5.74) is 2.26. The Morgan fingerprint density at radius 2 is 1.91 bits per heavy atom. The van der Waals surface area contributed by atoms with Gasteiger partial charge in [-0.05, 0) is 48.5 Å². The summed E-state index contributed by atoms with van der Waals surface area (Å²) in [6, 6.07) is 14.4. The molecule has 0 bridgehead atoms. The van der Waals surface area contributed by atoms with Crippen molar-refractivity contribution >= 4 is 40.4 Å². The minimum absolute atomic E-state index is 0.262. The number of hydrogen-bond acceptors (Lipinski definition) is 7. The quantitative estimate of drug-likeness (QED) is 0.244. The summed E-state index contributed by atoms with van der Waals surface area (Å²) in [5.74, 6) is 1.07. The van der Waals surface area contributed by atoms with Gasteiger partial charge in [0.2, 0.25) is 17.5 Å². The number of nitrogens with one attached hydrogen (secondary N) is 3. The molecule has 0 saturated heterocycles. The first-order valence-corrected chi connectivity index (χ1v) is 9.65. The van der Waals surface area contributed by atoms with Gasteiger partial charge in [0.1, 0.15) is 18.2 Å². The molecule has 0 atom stereocenters. The highest BCUT2D eigenvalue weighted by Crippen LogP contribution is 2.28. The smallest absolute Gasteiger partial charge is 0.247 e. The molecule has 3 N–H and O–H groups in total. The third-order valence-electron chi connectivity index (χ3n) is 4.13. The van der Waals surface area contributed by atoms with Crippen molar-refractivity contribution in [2.75, 3.05) is 36.3 Å². The van der Waals surface area contributed by atoms with E-state index in [1.54, 1.807) is 31.4 Å². The molecule has 0 radical (unpaired) electrons. The molecule has 162 valence electrons. The van der Waals surface area contributed by atoms with Gasteiger partial charge in [0.05, 0.1) is 13.2 Å². The van der Waals surface area contributed by atoms with Crippen LogP contribution in [0.4, 0.5) is 34.5 Å². The fourth-order valence-electron chi connectivity index (χ4n) is 2.62. The lowest BCUT2D eigenvalue weighted by molar-refractivity contribution is -0.111. The Kier molecular flexibility index (Phi) is 7.73. The molecule has 0 unspecified atom stereocenters. The molecule has 1 amide bonds. The number of methoxy groups -OCH3 is 1. The second-order valence-electron chi connectivity index (χ2n) is 6.43. The van der Waals surface area contributed by atoms with Crippen molar-refractivity contribution in [2.45, 2.75) is 0 Å². The standard InChI is InChI=1S/C23H22N6O3/c1-4-21(30)26-17-6-5-7-18(14-17)27-22-20(24-2)15-25-23(29-22)28-16-8-10-19(11-9-16)32-13-12-31-3/h4-11,14-15H,1,12-13H2,3H3,(H,26,30)(H2,25,27,28,29). The zero-order chi connectivity index (χ0) is 22.8. The number of carbonyl (C=O) groups is 1. The molecule has 9 heteroatoms. The van der Waals surface area contributed by atoms with E-state index in [0.29, 0.717) is 36.4 Å². The maximum absolute atomic E-state index is 11.5. The van der Waals surface area contributed by atoms with E-state index < -0.39 is 0 Å². The topological polar surface area (TPSA) is 102 Å². The van der Waals surface area contributed by atoms with Crippen molar-refractivity contribution in [1.82, 2.24) is 9.97 Å². The average molecular weight is 430 g/mol. The van der Waals surface area contributed by atoms with E-state index in [1.807, 2.05) is 24.3 Å². The highest BCUT2D eigenvalue weighted by atomic mass is 16.5. The highest BCUT2D eigenvalue weighted by Gasteiger charge is 2.09. The number of benzene rings is 2. The van der Waals surface area contributed by atoms with E-state index in [9.17, 15) is 4.79 Å². The Morgan fingerprint density at radius 3 is 2.62 bits per heavy atom. The predicted octanol–water partition coefficient (Wildman–Crippen LogP) is 4.66. The third kappa shape index (κ3) is 6.29. The Bertz CT molecular complexity index is 1130. The van der Waals surface area contributed by atoms with Gasteiger partial charge in [-0.15, -0.1) is 0 Å². The molecule has 0 aliphatic rings. The molecule has 0 aliphatic carbocycles. The van der Waals surface area contributed by atoms with Crippen LogP contribution in [-0.2, 0) is 9.53 Å². The van der Waals surface area contributed by atoms with Gasteiger partial charge in [0.15, 0.2) is 0 Å². The van der Waals surface area contributed by atoms with Crippen LogP contribution in [0.1, 0.15) is 0 Å². The zero-order valence-electron chi connectivity index (χ0n) is 17.5. The van der Waals surface area contributed by atoms with Gasteiger partial charge < -0.3 is 25.4 Å². The molecule has 0 aliphatic heterocycles. The zero-order valence-corrected chi connectivity index (χ0v) is 17.5. The van der Waals surface area contributed by atoms with E-state index in [1.165, 1.54) is 12.3 Å². The van der Waals surface area contributed by atoms with Crippen LogP contribution in [0.2, 0.25) is 0 Å². The first kappa shape index (κ1) is 22.3. The molecule has 9 nitrogen and oxygen atoms in total. The molecule has 2 aromatic carbocycles. The van der Waals surface area contributed by atoms with Gasteiger partial charge in [-0.3, -0.25) is 4.79 Å². The van der Waals surface area contributed by atoms with Gasteiger partial charge in [0.25, 0.3) is 0 Å². The van der Waals surface area contributed by atoms with Gasteiger partial charge >= 0.3 is 0 Å². The number of rotatable bonds is 10. The molecule has 3 rings (SSSR count). The van der Waals surface area contributed by atoms with Crippen LogP contribution in [-0.4, -0.2) is 36.2 Å². The number of amides is 1. The lowest BCUT2D eigenvalue weighted by atomic mass is 10.2. The minimum Gasteiger partial charge on any atom is -0.491 e. The van der Waals surface area contributed by atoms with Crippen molar-refractivity contribution in [1.29, 1.82) is 0 Å². The minimum atomic E-state index is -0.312. The van der Waals surface area contributed by atoms with Crippen LogP contribution in [0.3, 0.4) is 0 Å². The van der Waals surface area contributed by atoms with Gasteiger partial charge in [-0.25, -0.2) is 14.8 Å². The predicted molar refractivity (Wildman–Crippen MR) is 124 cm³/mol. The van der Waals surface area contributed by atoms with Crippen molar-refractivity contribution in [2.24, 2.45) is 0 Å². The number of aromatic nitrogens is 2. The number of nitrogens with zero attached hydrogens (tertiary/aromatic N) is 3. The lowest BCUT2D eigenvalue weighted by Gasteiger charge is -2.12. The van der Waals surface area contributed by atoms with E-state index in [-0.39, 0.29) is 11.6 Å². The molecule has 32 heavy (non-hydrogen) atoms. The largest absolute Gasteiger partial charge is 0.491 e. The Morgan fingerprint density at radius 1 is 1.12 bits per heavy atom. The van der Waals surface area contributed by atoms with Gasteiger partial charge in [0, 0.05) is 30.4 Å². The summed E-state index contributed by atoms with van der Waals surface area (Å²) in [5, 5.41) is 8.90. The van der Waals surface area contributed by atoms with Crippen LogP contribution in [0.25, 0.3) is 4.85 Å². The summed E-state index contributed by atoms with van der Waals surface area (Å²) in [7, 11) is 1.62. The summed E-state index contributed by atoms with van der Waals surface area (Å²) in [6.07, 6.45) is 2.63. The number of carbonyl (C=O) groups excluding carboxylic acids is 1. The van der Waals surface area contributed by atoms with E-state index >= 15 is 0 Å². The maximum Gasteiger partial charge on any atom is 0.247 e. The average Bonchev–Trinajstić information content (AvgIpc) is 2.81. The SMILES string of the molecule is [C-]#[N+]c1cnc(Nc2ccc(OCCOC)cc2)nc1Nc1cccc(NC(=O)C=C)c1. The van der Waals surface area contributed by atoms with E-state index in [2.05, 4.69) is 37.3 Å². The third-order valence-corrected chi connectivity index (χ3v) is 4.13. The Labute approximate surface area is 185 Å². The lowest BCUT2D eigenvalue weighted by Crippen LogP contribution is -2.07. The number of anilines is 5. The van der Waals surface area contributed by atoms with Crippen molar-refractivity contribution in [3.8, 4) is 5.75 Å². The summed E-state index contributed by atoms with van der Waals surface area (Å²) in [4.78, 5) is 23.6. The Balaban J connectivity index is 1.73. The monoisotopic (exact) mass is 430 g/mol. The molecule has 0 spiro atoms. The highest BCUT2D eigenvalue weighted by molar-refractivity contribution is 5.99. The number of ether oxygens (including phenoxy) is 2. The summed E-state index contributed by atoms with van der Waals surface area (Å²) in [6.45, 7) is 11.8. The normalized spacial score (nSPS) is 10.0. The fraction of sp³-hybridized carbons (Fsp3) is 0.130. The van der Waals surface area contributed by atoms with E-state index in [4.69, 9.17) is 16.0 Å². The summed E-state index contributed by atoms with van der Waals surface area (Å²) >= 11 is 0. The van der Waals surface area contributed by atoms with Crippen LogP contribution < -0.4 is 20.7 Å². The van der Waals surface area contributed by atoms with Gasteiger partial charge in [-0.1, -0.05) is 12.6 Å². The first-order chi connectivity index (χ1) is 15.6. The number of hydrogen-bond donors (Lipinski definition) is 3. The van der Waals surface area contributed by atoms with Crippen molar-refractivity contribution in [3.63, 3.8) is 0 Å². The molecule has 0 fully saturated rings. The van der Waals surface area contributed by atoms with Crippen LogP contribution in [0.15, 0.2) is 67.4 Å². The van der Waals surface area contributed by atoms with Crippen molar-refractivity contribution < 1.29 is 14.3 Å².